The average molecular weight is 259 g/mol. The van der Waals surface area contributed by atoms with Crippen molar-refractivity contribution in [3.05, 3.63) is 59.3 Å². The molecule has 0 aliphatic heterocycles. The van der Waals surface area contributed by atoms with Gasteiger partial charge in [-0.25, -0.2) is 4.98 Å². The number of aromatic nitrogens is 1. The lowest BCUT2D eigenvalue weighted by molar-refractivity contribution is 0.204. The van der Waals surface area contributed by atoms with Gasteiger partial charge in [-0.1, -0.05) is 35.9 Å². The van der Waals surface area contributed by atoms with Crippen molar-refractivity contribution in [3.63, 3.8) is 0 Å². The lowest BCUT2D eigenvalue weighted by atomic mass is 10.1. The Morgan fingerprint density at radius 1 is 1.06 bits per heavy atom. The van der Waals surface area contributed by atoms with Gasteiger partial charge in [-0.3, -0.25) is 0 Å². The Balaban J connectivity index is 1.93. The molecule has 1 atom stereocenters. The molecule has 0 radical (unpaired) electrons. The first kappa shape index (κ1) is 13.1. The molecule has 0 spiro atoms. The molecule has 1 unspecified atom stereocenters. The first-order valence-electron chi connectivity index (χ1n) is 5.95. The van der Waals surface area contributed by atoms with Crippen LogP contribution in [0.4, 0.5) is 0 Å². The van der Waals surface area contributed by atoms with E-state index in [-0.39, 0.29) is 0 Å². The van der Waals surface area contributed by atoms with E-state index in [1.54, 1.807) is 11.8 Å². The first-order valence-corrected chi connectivity index (χ1v) is 6.94. The van der Waals surface area contributed by atoms with Crippen molar-refractivity contribution in [2.75, 3.05) is 5.75 Å². The highest BCUT2D eigenvalue weighted by atomic mass is 32.2. The Bertz CT molecular complexity index is 493. The zero-order chi connectivity index (χ0) is 13.0. The van der Waals surface area contributed by atoms with Gasteiger partial charge in [-0.2, -0.15) is 0 Å². The summed E-state index contributed by atoms with van der Waals surface area (Å²) in [5.74, 6) is 0.624. The van der Waals surface area contributed by atoms with Crippen LogP contribution < -0.4 is 0 Å². The summed E-state index contributed by atoms with van der Waals surface area (Å²) < 4.78 is 0. The third-order valence-corrected chi connectivity index (χ3v) is 3.76. The van der Waals surface area contributed by atoms with Gasteiger partial charge in [-0.15, -0.1) is 11.8 Å². The van der Waals surface area contributed by atoms with E-state index in [1.807, 2.05) is 56.4 Å². The molecule has 2 rings (SSSR count). The smallest absolute Gasteiger partial charge is 0.0961 e. The highest BCUT2D eigenvalue weighted by molar-refractivity contribution is 7.99. The quantitative estimate of drug-likeness (QED) is 0.853. The van der Waals surface area contributed by atoms with Crippen LogP contribution in [0.25, 0.3) is 0 Å². The van der Waals surface area contributed by atoms with Gasteiger partial charge >= 0.3 is 0 Å². The Morgan fingerprint density at radius 3 is 2.33 bits per heavy atom. The van der Waals surface area contributed by atoms with E-state index in [0.717, 1.165) is 16.2 Å². The summed E-state index contributed by atoms with van der Waals surface area (Å²) in [5.41, 5.74) is 3.32. The van der Waals surface area contributed by atoms with E-state index >= 15 is 0 Å². The fourth-order valence-corrected chi connectivity index (χ4v) is 2.40. The third kappa shape index (κ3) is 3.59. The number of rotatable bonds is 4. The van der Waals surface area contributed by atoms with Gasteiger partial charge in [0, 0.05) is 11.9 Å². The highest BCUT2D eigenvalue weighted by Crippen LogP contribution is 2.23. The van der Waals surface area contributed by atoms with Gasteiger partial charge in [0.15, 0.2) is 0 Å². The minimum absolute atomic E-state index is 0.446. The maximum atomic E-state index is 10.1. The fraction of sp³-hybridized carbons (Fsp3) is 0.267. The maximum Gasteiger partial charge on any atom is 0.0961 e. The predicted octanol–water partition coefficient (Wildman–Crippen LogP) is 3.52. The molecule has 0 amide bonds. The first-order chi connectivity index (χ1) is 8.65. The number of aryl methyl sites for hydroxylation is 2. The van der Waals surface area contributed by atoms with Gasteiger partial charge in [-0.05, 0) is 31.0 Å². The number of aliphatic hydroxyl groups excluding tert-OH is 1. The van der Waals surface area contributed by atoms with E-state index in [0.29, 0.717) is 5.75 Å². The minimum atomic E-state index is -0.446. The summed E-state index contributed by atoms with van der Waals surface area (Å²) in [6.07, 6.45) is 1.40. The Kier molecular flexibility index (Phi) is 4.39. The number of thioether (sulfide) groups is 1. The molecule has 0 saturated heterocycles. The van der Waals surface area contributed by atoms with Crippen LogP contribution in [0.3, 0.4) is 0 Å². The number of aliphatic hydroxyl groups is 1. The second-order valence-corrected chi connectivity index (χ2v) is 5.45. The molecule has 0 fully saturated rings. The van der Waals surface area contributed by atoms with Gasteiger partial charge < -0.3 is 5.11 Å². The van der Waals surface area contributed by atoms with Crippen LogP contribution in [-0.2, 0) is 0 Å². The van der Waals surface area contributed by atoms with Gasteiger partial charge in [0.2, 0.25) is 0 Å². The average Bonchev–Trinajstić information content (AvgIpc) is 2.38. The largest absolute Gasteiger partial charge is 0.388 e. The molecule has 0 saturated carbocycles. The van der Waals surface area contributed by atoms with Crippen molar-refractivity contribution in [3.8, 4) is 0 Å². The standard InChI is InChI=1S/C15H17NOS/c1-11-3-6-13(7-4-11)14(17)10-18-15-8-5-12(2)9-16-15/h3-9,14,17H,10H2,1-2H3. The molecule has 0 aliphatic rings. The molecule has 1 aromatic heterocycles. The van der Waals surface area contributed by atoms with E-state index < -0.39 is 6.10 Å². The van der Waals surface area contributed by atoms with Crippen LogP contribution in [0, 0.1) is 13.8 Å². The number of benzene rings is 1. The molecule has 1 heterocycles. The summed E-state index contributed by atoms with van der Waals surface area (Å²) in [7, 11) is 0. The van der Waals surface area contributed by atoms with Crippen molar-refractivity contribution >= 4 is 11.8 Å². The number of pyridine rings is 1. The SMILES string of the molecule is Cc1ccc(C(O)CSc2ccc(C)cn2)cc1. The minimum Gasteiger partial charge on any atom is -0.388 e. The maximum absolute atomic E-state index is 10.1. The zero-order valence-corrected chi connectivity index (χ0v) is 11.4. The van der Waals surface area contributed by atoms with Crippen LogP contribution in [0.5, 0.6) is 0 Å². The van der Waals surface area contributed by atoms with Crippen LogP contribution in [0.2, 0.25) is 0 Å². The molecule has 0 bridgehead atoms. The summed E-state index contributed by atoms with van der Waals surface area (Å²) in [4.78, 5) is 4.31. The van der Waals surface area contributed by atoms with Crippen LogP contribution >= 0.6 is 11.8 Å². The Morgan fingerprint density at radius 2 is 1.72 bits per heavy atom. The number of hydrogen-bond donors (Lipinski definition) is 1. The molecular formula is C15H17NOS. The lowest BCUT2D eigenvalue weighted by Gasteiger charge is -2.10. The second-order valence-electron chi connectivity index (χ2n) is 4.41. The Hall–Kier alpha value is -1.32. The molecule has 3 heteroatoms. The molecule has 1 N–H and O–H groups in total. The third-order valence-electron chi connectivity index (χ3n) is 2.74. The highest BCUT2D eigenvalue weighted by Gasteiger charge is 2.08. The normalized spacial score (nSPS) is 12.4. The summed E-state index contributed by atoms with van der Waals surface area (Å²) in [6.45, 7) is 4.06. The van der Waals surface area contributed by atoms with Crippen LogP contribution in [0.15, 0.2) is 47.6 Å². The Labute approximate surface area is 112 Å². The molecule has 94 valence electrons. The van der Waals surface area contributed by atoms with E-state index in [1.165, 1.54) is 5.56 Å². The summed E-state index contributed by atoms with van der Waals surface area (Å²) in [6, 6.07) is 12.0. The van der Waals surface area contributed by atoms with E-state index in [2.05, 4.69) is 4.98 Å². The fourth-order valence-electron chi connectivity index (χ4n) is 1.59. The van der Waals surface area contributed by atoms with Crippen molar-refractivity contribution in [2.24, 2.45) is 0 Å². The topological polar surface area (TPSA) is 33.1 Å². The van der Waals surface area contributed by atoms with Crippen LogP contribution in [-0.4, -0.2) is 15.8 Å². The second kappa shape index (κ2) is 6.03. The number of hydrogen-bond acceptors (Lipinski definition) is 3. The van der Waals surface area contributed by atoms with Gasteiger partial charge in [0.05, 0.1) is 11.1 Å². The van der Waals surface area contributed by atoms with Crippen LogP contribution in [0.1, 0.15) is 22.8 Å². The monoisotopic (exact) mass is 259 g/mol. The van der Waals surface area contributed by atoms with Crippen molar-refractivity contribution < 1.29 is 5.11 Å². The molecule has 1 aromatic carbocycles. The molecular weight excluding hydrogens is 242 g/mol. The summed E-state index contributed by atoms with van der Waals surface area (Å²) in [5, 5.41) is 11.0. The van der Waals surface area contributed by atoms with E-state index in [4.69, 9.17) is 0 Å². The number of nitrogens with zero attached hydrogens (tertiary/aromatic N) is 1. The van der Waals surface area contributed by atoms with Gasteiger partial charge in [0.1, 0.15) is 0 Å². The molecule has 18 heavy (non-hydrogen) atoms. The van der Waals surface area contributed by atoms with Gasteiger partial charge in [0.25, 0.3) is 0 Å². The van der Waals surface area contributed by atoms with Crippen molar-refractivity contribution in [2.45, 2.75) is 25.0 Å². The lowest BCUT2D eigenvalue weighted by Crippen LogP contribution is -2.00. The molecule has 0 aliphatic carbocycles. The van der Waals surface area contributed by atoms with Crippen molar-refractivity contribution in [1.82, 2.24) is 4.98 Å². The molecule has 2 aromatic rings. The predicted molar refractivity (Wildman–Crippen MR) is 75.8 cm³/mol. The molecule has 2 nitrogen and oxygen atoms in total. The summed E-state index contributed by atoms with van der Waals surface area (Å²) >= 11 is 1.58. The van der Waals surface area contributed by atoms with Crippen molar-refractivity contribution in [1.29, 1.82) is 0 Å². The zero-order valence-electron chi connectivity index (χ0n) is 10.6. The van der Waals surface area contributed by atoms with E-state index in [9.17, 15) is 5.11 Å².